The fourth-order valence-corrected chi connectivity index (χ4v) is 2.23. The van der Waals surface area contributed by atoms with Crippen LogP contribution >= 0.6 is 11.6 Å². The Balaban J connectivity index is 2.06. The Hall–Kier alpha value is -1.80. The van der Waals surface area contributed by atoms with Gasteiger partial charge < -0.3 is 5.11 Å². The number of aryl methyl sites for hydroxylation is 1. The smallest absolute Gasteiger partial charge is 0.303 e. The minimum Gasteiger partial charge on any atom is -0.481 e. The molecule has 0 saturated carbocycles. The summed E-state index contributed by atoms with van der Waals surface area (Å²) in [4.78, 5) is 10.5. The molecule has 0 saturated heterocycles. The molecule has 0 radical (unpaired) electrons. The fourth-order valence-electron chi connectivity index (χ4n) is 1.99. The molecule has 0 atom stereocenters. The van der Waals surface area contributed by atoms with Crippen LogP contribution < -0.4 is 0 Å². The van der Waals surface area contributed by atoms with Gasteiger partial charge in [-0.3, -0.25) is 4.79 Å². The highest BCUT2D eigenvalue weighted by Gasteiger charge is 2.03. The van der Waals surface area contributed by atoms with Gasteiger partial charge in [0.2, 0.25) is 0 Å². The van der Waals surface area contributed by atoms with Gasteiger partial charge in [0, 0.05) is 17.0 Å². The second-order valence-electron chi connectivity index (χ2n) is 4.42. The van der Waals surface area contributed by atoms with Gasteiger partial charge in [-0.25, -0.2) is 0 Å². The first-order valence-electron chi connectivity index (χ1n) is 6.22. The van der Waals surface area contributed by atoms with E-state index in [2.05, 4.69) is 0 Å². The standard InChI is InChI=1S/C16H15ClO2/c17-15-6-2-1-5-14(15)13-10-8-12(9-11-13)4-3-7-16(18)19/h1-2,5-6,8-11H,3-4,7H2,(H,18,19). The van der Waals surface area contributed by atoms with Crippen LogP contribution in [0.15, 0.2) is 48.5 Å². The molecule has 0 aliphatic rings. The monoisotopic (exact) mass is 274 g/mol. The molecule has 2 aromatic carbocycles. The predicted molar refractivity (Wildman–Crippen MR) is 77.5 cm³/mol. The van der Waals surface area contributed by atoms with Gasteiger partial charge in [-0.1, -0.05) is 54.1 Å². The Morgan fingerprint density at radius 1 is 1.05 bits per heavy atom. The number of carboxylic acid groups (broad SMARTS) is 1. The second-order valence-corrected chi connectivity index (χ2v) is 4.83. The zero-order valence-electron chi connectivity index (χ0n) is 10.5. The number of carboxylic acids is 1. The molecule has 1 N–H and O–H groups in total. The molecule has 2 rings (SSSR count). The molecule has 0 fully saturated rings. The van der Waals surface area contributed by atoms with Crippen LogP contribution in [-0.4, -0.2) is 11.1 Å². The van der Waals surface area contributed by atoms with Crippen LogP contribution in [0.2, 0.25) is 5.02 Å². The Bertz CT molecular complexity index is 561. The van der Waals surface area contributed by atoms with Crippen molar-refractivity contribution < 1.29 is 9.90 Å². The summed E-state index contributed by atoms with van der Waals surface area (Å²) in [6, 6.07) is 15.8. The highest BCUT2D eigenvalue weighted by atomic mass is 35.5. The summed E-state index contributed by atoms with van der Waals surface area (Å²) in [6.45, 7) is 0. The fraction of sp³-hybridized carbons (Fsp3) is 0.188. The van der Waals surface area contributed by atoms with Crippen molar-refractivity contribution in [2.24, 2.45) is 0 Å². The Labute approximate surface area is 117 Å². The van der Waals surface area contributed by atoms with Crippen molar-refractivity contribution >= 4 is 17.6 Å². The van der Waals surface area contributed by atoms with Crippen molar-refractivity contribution in [3.05, 3.63) is 59.1 Å². The third kappa shape index (κ3) is 3.83. The lowest BCUT2D eigenvalue weighted by Gasteiger charge is -2.06. The van der Waals surface area contributed by atoms with Crippen LogP contribution in [0.1, 0.15) is 18.4 Å². The van der Waals surface area contributed by atoms with E-state index < -0.39 is 5.97 Å². The van der Waals surface area contributed by atoms with Gasteiger partial charge in [-0.15, -0.1) is 0 Å². The number of hydrogen-bond acceptors (Lipinski definition) is 1. The Morgan fingerprint density at radius 2 is 1.74 bits per heavy atom. The van der Waals surface area contributed by atoms with E-state index in [1.54, 1.807) is 0 Å². The molecule has 0 spiro atoms. The number of halogens is 1. The lowest BCUT2D eigenvalue weighted by molar-refractivity contribution is -0.137. The van der Waals surface area contributed by atoms with Gasteiger partial charge in [-0.2, -0.15) is 0 Å². The number of hydrogen-bond donors (Lipinski definition) is 1. The summed E-state index contributed by atoms with van der Waals surface area (Å²) >= 11 is 6.15. The maximum absolute atomic E-state index is 10.5. The average Bonchev–Trinajstić information content (AvgIpc) is 2.40. The van der Waals surface area contributed by atoms with E-state index in [1.807, 2.05) is 48.5 Å². The third-order valence-electron chi connectivity index (χ3n) is 2.99. The van der Waals surface area contributed by atoms with Gasteiger partial charge in [-0.05, 0) is 30.0 Å². The zero-order valence-corrected chi connectivity index (χ0v) is 11.2. The van der Waals surface area contributed by atoms with Gasteiger partial charge >= 0.3 is 5.97 Å². The molecule has 0 aliphatic heterocycles. The Morgan fingerprint density at radius 3 is 2.37 bits per heavy atom. The van der Waals surface area contributed by atoms with Crippen LogP contribution in [0.25, 0.3) is 11.1 Å². The molecule has 0 aliphatic carbocycles. The summed E-state index contributed by atoms with van der Waals surface area (Å²) in [6.07, 6.45) is 1.67. The quantitative estimate of drug-likeness (QED) is 0.877. The molecule has 98 valence electrons. The summed E-state index contributed by atoms with van der Waals surface area (Å²) in [5.74, 6) is -0.743. The third-order valence-corrected chi connectivity index (χ3v) is 3.32. The van der Waals surface area contributed by atoms with Crippen LogP contribution in [0.3, 0.4) is 0 Å². The number of rotatable bonds is 5. The van der Waals surface area contributed by atoms with Crippen molar-refractivity contribution in [1.82, 2.24) is 0 Å². The van der Waals surface area contributed by atoms with E-state index in [9.17, 15) is 4.79 Å². The lowest BCUT2D eigenvalue weighted by Crippen LogP contribution is -1.95. The molecule has 0 unspecified atom stereocenters. The average molecular weight is 275 g/mol. The lowest BCUT2D eigenvalue weighted by atomic mass is 10.0. The van der Waals surface area contributed by atoms with E-state index in [1.165, 1.54) is 0 Å². The largest absolute Gasteiger partial charge is 0.481 e. The number of benzene rings is 2. The molecule has 19 heavy (non-hydrogen) atoms. The van der Waals surface area contributed by atoms with Crippen LogP contribution in [-0.2, 0) is 11.2 Å². The Kier molecular flexibility index (Phi) is 4.58. The summed E-state index contributed by atoms with van der Waals surface area (Å²) in [5, 5.41) is 9.34. The molecule has 2 nitrogen and oxygen atoms in total. The van der Waals surface area contributed by atoms with Crippen molar-refractivity contribution in [1.29, 1.82) is 0 Å². The van der Waals surface area contributed by atoms with Crippen LogP contribution in [0.4, 0.5) is 0 Å². The highest BCUT2D eigenvalue weighted by Crippen LogP contribution is 2.27. The maximum atomic E-state index is 10.5. The van der Waals surface area contributed by atoms with Crippen LogP contribution in [0, 0.1) is 0 Å². The second kappa shape index (κ2) is 6.39. The van der Waals surface area contributed by atoms with Crippen molar-refractivity contribution in [2.45, 2.75) is 19.3 Å². The summed E-state index contributed by atoms with van der Waals surface area (Å²) in [7, 11) is 0. The molecular formula is C16H15ClO2. The topological polar surface area (TPSA) is 37.3 Å². The van der Waals surface area contributed by atoms with E-state index in [4.69, 9.17) is 16.7 Å². The first-order valence-corrected chi connectivity index (χ1v) is 6.60. The predicted octanol–water partition coefficient (Wildman–Crippen LogP) is 4.41. The molecule has 0 aromatic heterocycles. The molecule has 0 bridgehead atoms. The van der Waals surface area contributed by atoms with E-state index in [-0.39, 0.29) is 6.42 Å². The first-order chi connectivity index (χ1) is 9.16. The number of aliphatic carboxylic acids is 1. The molecule has 0 amide bonds. The highest BCUT2D eigenvalue weighted by molar-refractivity contribution is 6.33. The minimum absolute atomic E-state index is 0.215. The number of carbonyl (C=O) groups is 1. The summed E-state index contributed by atoms with van der Waals surface area (Å²) in [5.41, 5.74) is 3.24. The van der Waals surface area contributed by atoms with Gasteiger partial charge in [0.25, 0.3) is 0 Å². The maximum Gasteiger partial charge on any atom is 0.303 e. The van der Waals surface area contributed by atoms with Gasteiger partial charge in [0.05, 0.1) is 0 Å². The van der Waals surface area contributed by atoms with Crippen molar-refractivity contribution in [3.63, 3.8) is 0 Å². The van der Waals surface area contributed by atoms with Gasteiger partial charge in [0.1, 0.15) is 0 Å². The first kappa shape index (κ1) is 13.6. The molecular weight excluding hydrogens is 260 g/mol. The normalized spacial score (nSPS) is 10.4. The van der Waals surface area contributed by atoms with Crippen LogP contribution in [0.5, 0.6) is 0 Å². The van der Waals surface area contributed by atoms with E-state index >= 15 is 0 Å². The van der Waals surface area contributed by atoms with E-state index in [0.29, 0.717) is 6.42 Å². The molecule has 3 heteroatoms. The van der Waals surface area contributed by atoms with Gasteiger partial charge in [0.15, 0.2) is 0 Å². The van der Waals surface area contributed by atoms with Crippen molar-refractivity contribution in [2.75, 3.05) is 0 Å². The van der Waals surface area contributed by atoms with E-state index in [0.717, 1.165) is 28.1 Å². The SMILES string of the molecule is O=C(O)CCCc1ccc(-c2ccccc2Cl)cc1. The molecule has 2 aromatic rings. The minimum atomic E-state index is -0.743. The van der Waals surface area contributed by atoms with Crippen molar-refractivity contribution in [3.8, 4) is 11.1 Å². The zero-order chi connectivity index (χ0) is 13.7. The summed E-state index contributed by atoms with van der Waals surface area (Å²) < 4.78 is 0. The molecule has 0 heterocycles.